The molecule has 2 saturated heterocycles. The molecule has 2 aliphatic heterocycles. The highest BCUT2D eigenvalue weighted by Crippen LogP contribution is 2.08. The summed E-state index contributed by atoms with van der Waals surface area (Å²) < 4.78 is 0. The minimum atomic E-state index is -0.000648. The lowest BCUT2D eigenvalue weighted by Gasteiger charge is -2.32. The standard InChI is InChI=1S/C12H17N3O.C7H5NO.C6H13N/c1-14-7-9-15(10-8-14)12(16)13-11-5-3-2-4-6-11;9-6-8-7-4-2-1-3-5-7;1-7-5-3-2-4-6-7/h2-6H,7-10H2,1H3,(H,13,16);1-5H;2-6H2,1H3. The summed E-state index contributed by atoms with van der Waals surface area (Å²) in [4.78, 5) is 31.4. The molecular weight excluding hydrogens is 402 g/mol. The van der Waals surface area contributed by atoms with E-state index in [1.165, 1.54) is 38.4 Å². The van der Waals surface area contributed by atoms with Gasteiger partial charge in [-0.2, -0.15) is 4.99 Å². The number of likely N-dealkylation sites (N-methyl/N-ethyl adjacent to an activating group) is 1. The molecule has 0 atom stereocenters. The van der Waals surface area contributed by atoms with Gasteiger partial charge in [-0.3, -0.25) is 0 Å². The van der Waals surface area contributed by atoms with Crippen LogP contribution in [0.25, 0.3) is 0 Å². The van der Waals surface area contributed by atoms with Crippen LogP contribution in [0.15, 0.2) is 65.7 Å². The Hall–Kier alpha value is -2.99. The first-order valence-electron chi connectivity index (χ1n) is 11.2. The number of hydrogen-bond acceptors (Lipinski definition) is 5. The average Bonchev–Trinajstić information content (AvgIpc) is 2.82. The number of aliphatic imine (C=N–C) groups is 1. The van der Waals surface area contributed by atoms with Crippen molar-refractivity contribution in [3.63, 3.8) is 0 Å². The van der Waals surface area contributed by atoms with Crippen molar-refractivity contribution >= 4 is 23.5 Å². The molecule has 0 bridgehead atoms. The van der Waals surface area contributed by atoms with E-state index in [-0.39, 0.29) is 6.03 Å². The number of piperidine rings is 1. The minimum Gasteiger partial charge on any atom is -0.322 e. The van der Waals surface area contributed by atoms with Crippen LogP contribution in [0, 0.1) is 0 Å². The number of nitrogens with one attached hydrogen (secondary N) is 1. The molecule has 2 heterocycles. The number of benzene rings is 2. The fourth-order valence-electron chi connectivity index (χ4n) is 3.34. The van der Waals surface area contributed by atoms with E-state index < -0.39 is 0 Å². The molecule has 2 aliphatic rings. The van der Waals surface area contributed by atoms with E-state index in [0.29, 0.717) is 5.69 Å². The monoisotopic (exact) mass is 437 g/mol. The Morgan fingerprint density at radius 3 is 1.81 bits per heavy atom. The summed E-state index contributed by atoms with van der Waals surface area (Å²) in [5, 5.41) is 2.89. The Bertz CT molecular complexity index is 811. The Morgan fingerprint density at radius 1 is 0.781 bits per heavy atom. The third-order valence-corrected chi connectivity index (χ3v) is 5.33. The highest BCUT2D eigenvalue weighted by molar-refractivity contribution is 5.89. The van der Waals surface area contributed by atoms with E-state index in [2.05, 4.69) is 34.2 Å². The maximum atomic E-state index is 11.9. The number of anilines is 1. The third-order valence-electron chi connectivity index (χ3n) is 5.33. The molecule has 2 fully saturated rings. The van der Waals surface area contributed by atoms with Crippen molar-refractivity contribution in [2.45, 2.75) is 19.3 Å². The Kier molecular flexibility index (Phi) is 11.8. The third kappa shape index (κ3) is 10.4. The van der Waals surface area contributed by atoms with E-state index >= 15 is 0 Å². The maximum absolute atomic E-state index is 11.9. The number of hydrogen-bond donors (Lipinski definition) is 1. The van der Waals surface area contributed by atoms with Crippen molar-refractivity contribution in [3.8, 4) is 0 Å². The lowest BCUT2D eigenvalue weighted by Crippen LogP contribution is -2.48. The Balaban J connectivity index is 0.000000191. The number of rotatable bonds is 2. The molecule has 4 rings (SSSR count). The summed E-state index contributed by atoms with van der Waals surface area (Å²) in [7, 11) is 4.27. The number of para-hydroxylation sites is 2. The number of nitrogens with zero attached hydrogens (tertiary/aromatic N) is 4. The summed E-state index contributed by atoms with van der Waals surface area (Å²) in [6.07, 6.45) is 5.73. The van der Waals surface area contributed by atoms with Gasteiger partial charge in [-0.05, 0) is 64.3 Å². The first kappa shape index (κ1) is 25.3. The molecule has 0 saturated carbocycles. The molecule has 0 aliphatic carbocycles. The van der Waals surface area contributed by atoms with Gasteiger partial charge in [0.2, 0.25) is 6.08 Å². The number of likely N-dealkylation sites (tertiary alicyclic amines) is 1. The van der Waals surface area contributed by atoms with E-state index in [9.17, 15) is 9.59 Å². The average molecular weight is 438 g/mol. The van der Waals surface area contributed by atoms with Gasteiger partial charge in [0.25, 0.3) is 0 Å². The van der Waals surface area contributed by atoms with Crippen LogP contribution in [0.2, 0.25) is 0 Å². The topological polar surface area (TPSA) is 68.2 Å². The largest absolute Gasteiger partial charge is 0.322 e. The van der Waals surface area contributed by atoms with Gasteiger partial charge in [-0.1, -0.05) is 42.8 Å². The zero-order valence-electron chi connectivity index (χ0n) is 19.2. The van der Waals surface area contributed by atoms with Crippen LogP contribution in [0.5, 0.6) is 0 Å². The highest BCUT2D eigenvalue weighted by Gasteiger charge is 2.18. The molecule has 172 valence electrons. The van der Waals surface area contributed by atoms with Gasteiger partial charge in [-0.25, -0.2) is 9.59 Å². The first-order chi connectivity index (χ1) is 15.6. The summed E-state index contributed by atoms with van der Waals surface area (Å²) >= 11 is 0. The molecular formula is C25H35N5O2. The zero-order chi connectivity index (χ0) is 23.0. The van der Waals surface area contributed by atoms with Crippen molar-refractivity contribution in [2.75, 3.05) is 58.7 Å². The van der Waals surface area contributed by atoms with Crippen LogP contribution < -0.4 is 5.32 Å². The summed E-state index contributed by atoms with van der Waals surface area (Å²) in [6, 6.07) is 18.5. The lowest BCUT2D eigenvalue weighted by molar-refractivity contribution is 0.164. The van der Waals surface area contributed by atoms with Gasteiger partial charge < -0.3 is 20.0 Å². The summed E-state index contributed by atoms with van der Waals surface area (Å²) in [5.41, 5.74) is 1.50. The van der Waals surface area contributed by atoms with Crippen molar-refractivity contribution in [1.29, 1.82) is 0 Å². The van der Waals surface area contributed by atoms with Gasteiger partial charge in [0, 0.05) is 31.9 Å². The molecule has 0 aromatic heterocycles. The summed E-state index contributed by atoms with van der Waals surface area (Å²) in [5.74, 6) is 0. The Labute approximate surface area is 191 Å². The molecule has 0 radical (unpaired) electrons. The number of piperazine rings is 1. The Morgan fingerprint density at radius 2 is 1.31 bits per heavy atom. The second-order valence-electron chi connectivity index (χ2n) is 7.99. The molecule has 2 aromatic carbocycles. The minimum absolute atomic E-state index is 0.000648. The normalized spacial score (nSPS) is 16.4. The molecule has 0 unspecified atom stereocenters. The first-order valence-corrected chi connectivity index (χ1v) is 11.2. The summed E-state index contributed by atoms with van der Waals surface area (Å²) in [6.45, 7) is 6.13. The maximum Gasteiger partial charge on any atom is 0.321 e. The molecule has 7 nitrogen and oxygen atoms in total. The number of isocyanates is 1. The van der Waals surface area contributed by atoms with E-state index in [1.54, 1.807) is 12.1 Å². The van der Waals surface area contributed by atoms with Gasteiger partial charge >= 0.3 is 6.03 Å². The molecule has 0 spiro atoms. The fraction of sp³-hybridized carbons (Fsp3) is 0.440. The van der Waals surface area contributed by atoms with Gasteiger partial charge in [0.05, 0.1) is 5.69 Å². The van der Waals surface area contributed by atoms with Gasteiger partial charge in [0.15, 0.2) is 0 Å². The highest BCUT2D eigenvalue weighted by atomic mass is 16.2. The van der Waals surface area contributed by atoms with Crippen LogP contribution in [0.1, 0.15) is 19.3 Å². The molecule has 1 N–H and O–H groups in total. The van der Waals surface area contributed by atoms with Gasteiger partial charge in [0.1, 0.15) is 0 Å². The second kappa shape index (κ2) is 14.9. The lowest BCUT2D eigenvalue weighted by atomic mass is 10.1. The number of urea groups is 1. The van der Waals surface area contributed by atoms with Crippen molar-refractivity contribution in [1.82, 2.24) is 14.7 Å². The van der Waals surface area contributed by atoms with E-state index in [4.69, 9.17) is 0 Å². The van der Waals surface area contributed by atoms with Crippen LogP contribution in [0.4, 0.5) is 16.2 Å². The number of carbonyl (C=O) groups is 1. The predicted octanol–water partition coefficient (Wildman–Crippen LogP) is 4.22. The van der Waals surface area contributed by atoms with Crippen LogP contribution >= 0.6 is 0 Å². The smallest absolute Gasteiger partial charge is 0.321 e. The zero-order valence-corrected chi connectivity index (χ0v) is 19.2. The van der Waals surface area contributed by atoms with E-state index in [1.807, 2.05) is 53.4 Å². The second-order valence-corrected chi connectivity index (χ2v) is 7.99. The van der Waals surface area contributed by atoms with Crippen molar-refractivity contribution < 1.29 is 9.59 Å². The SMILES string of the molecule is CN1CCCCC1.CN1CCN(C(=O)Nc2ccccc2)CC1.O=C=Nc1ccccc1. The molecule has 32 heavy (non-hydrogen) atoms. The molecule has 7 heteroatoms. The van der Waals surface area contributed by atoms with E-state index in [0.717, 1.165) is 31.9 Å². The van der Waals surface area contributed by atoms with Crippen LogP contribution in [-0.4, -0.2) is 80.2 Å². The van der Waals surface area contributed by atoms with Crippen LogP contribution in [0.3, 0.4) is 0 Å². The predicted molar refractivity (Wildman–Crippen MR) is 130 cm³/mol. The fourth-order valence-corrected chi connectivity index (χ4v) is 3.34. The van der Waals surface area contributed by atoms with Crippen LogP contribution in [-0.2, 0) is 4.79 Å². The quantitative estimate of drug-likeness (QED) is 0.564. The number of carbonyl (C=O) groups excluding carboxylic acids is 2. The molecule has 2 aromatic rings. The van der Waals surface area contributed by atoms with Crippen molar-refractivity contribution in [2.24, 2.45) is 4.99 Å². The molecule has 2 amide bonds. The number of amides is 2. The van der Waals surface area contributed by atoms with Crippen molar-refractivity contribution in [3.05, 3.63) is 60.7 Å². The van der Waals surface area contributed by atoms with Gasteiger partial charge in [-0.15, -0.1) is 0 Å².